The van der Waals surface area contributed by atoms with Gasteiger partial charge in [-0.3, -0.25) is 4.79 Å². The second-order valence-electron chi connectivity index (χ2n) is 7.82. The molecule has 1 aliphatic heterocycles. The molecule has 2 aromatic rings. The Morgan fingerprint density at radius 1 is 1.19 bits per heavy atom. The lowest BCUT2D eigenvalue weighted by Gasteiger charge is -2.41. The molecule has 140 valence electrons. The quantitative estimate of drug-likeness (QED) is 0.906. The Kier molecular flexibility index (Phi) is 4.78. The molecule has 1 aliphatic carbocycles. The van der Waals surface area contributed by atoms with Crippen molar-refractivity contribution in [1.82, 2.24) is 14.9 Å². The van der Waals surface area contributed by atoms with Gasteiger partial charge in [-0.1, -0.05) is 12.1 Å². The minimum absolute atomic E-state index is 0.0123. The highest BCUT2D eigenvalue weighted by atomic mass is 19.3. The Morgan fingerprint density at radius 3 is 2.77 bits per heavy atom. The molecule has 1 unspecified atom stereocenters. The van der Waals surface area contributed by atoms with Gasteiger partial charge in [0.05, 0.1) is 10.9 Å². The zero-order valence-electron chi connectivity index (χ0n) is 14.9. The van der Waals surface area contributed by atoms with Crippen LogP contribution >= 0.6 is 0 Å². The summed E-state index contributed by atoms with van der Waals surface area (Å²) in [5.74, 6) is -1.33. The van der Waals surface area contributed by atoms with Gasteiger partial charge in [0.25, 0.3) is 5.56 Å². The topological polar surface area (TPSA) is 49.0 Å². The van der Waals surface area contributed by atoms with Crippen molar-refractivity contribution in [3.63, 3.8) is 0 Å². The summed E-state index contributed by atoms with van der Waals surface area (Å²) in [7, 11) is 0. The number of aromatic nitrogens is 2. The Morgan fingerprint density at radius 2 is 1.96 bits per heavy atom. The van der Waals surface area contributed by atoms with Gasteiger partial charge in [-0.25, -0.2) is 13.8 Å². The summed E-state index contributed by atoms with van der Waals surface area (Å²) < 4.78 is 26.8. The number of nitrogens with one attached hydrogen (secondary N) is 1. The smallest absolute Gasteiger partial charge is 0.258 e. The number of likely N-dealkylation sites (tertiary alicyclic amines) is 1. The van der Waals surface area contributed by atoms with Crippen molar-refractivity contribution in [3.8, 4) is 0 Å². The molecule has 2 heterocycles. The summed E-state index contributed by atoms with van der Waals surface area (Å²) >= 11 is 0. The molecule has 1 aromatic carbocycles. The maximum absolute atomic E-state index is 13.4. The van der Waals surface area contributed by atoms with E-state index in [-0.39, 0.29) is 24.4 Å². The van der Waals surface area contributed by atoms with E-state index in [0.717, 1.165) is 43.7 Å². The number of hydrogen-bond acceptors (Lipinski definition) is 3. The molecule has 1 saturated heterocycles. The second-order valence-corrected chi connectivity index (χ2v) is 7.82. The van der Waals surface area contributed by atoms with Crippen LogP contribution in [0.25, 0.3) is 10.9 Å². The molecule has 4 rings (SSSR count). The fourth-order valence-electron chi connectivity index (χ4n) is 4.49. The Bertz CT molecular complexity index is 825. The standard InChI is InChI=1S/C20H25F2N3O/c21-20(22)9-7-15(8-10-20)25-11-3-4-14(13-25)12-18-23-17-6-2-1-5-16(17)19(26)24-18/h1-2,5-6,14-15H,3-4,7-13H2,(H,23,24,26). The van der Waals surface area contributed by atoms with Gasteiger partial charge in [-0.15, -0.1) is 0 Å². The van der Waals surface area contributed by atoms with Gasteiger partial charge in [0.1, 0.15) is 5.82 Å². The number of H-pyrrole nitrogens is 1. The molecular weight excluding hydrogens is 336 g/mol. The first-order valence-electron chi connectivity index (χ1n) is 9.60. The number of hydrogen-bond donors (Lipinski definition) is 1. The summed E-state index contributed by atoms with van der Waals surface area (Å²) in [6.45, 7) is 1.90. The predicted molar refractivity (Wildman–Crippen MR) is 97.6 cm³/mol. The van der Waals surface area contributed by atoms with E-state index in [9.17, 15) is 13.6 Å². The Labute approximate surface area is 151 Å². The third-order valence-electron chi connectivity index (χ3n) is 5.90. The Hall–Kier alpha value is -1.82. The third-order valence-corrected chi connectivity index (χ3v) is 5.90. The van der Waals surface area contributed by atoms with Gasteiger partial charge in [0, 0.05) is 31.8 Å². The van der Waals surface area contributed by atoms with Crippen LogP contribution < -0.4 is 5.56 Å². The molecular formula is C20H25F2N3O. The van der Waals surface area contributed by atoms with Gasteiger partial charge in [-0.2, -0.15) is 0 Å². The number of alkyl halides is 2. The molecule has 0 spiro atoms. The first-order valence-corrected chi connectivity index (χ1v) is 9.60. The monoisotopic (exact) mass is 361 g/mol. The molecule has 0 amide bonds. The van der Waals surface area contributed by atoms with Crippen molar-refractivity contribution >= 4 is 10.9 Å². The fourth-order valence-corrected chi connectivity index (χ4v) is 4.49. The highest BCUT2D eigenvalue weighted by molar-refractivity contribution is 5.77. The molecule has 2 fully saturated rings. The van der Waals surface area contributed by atoms with Gasteiger partial charge >= 0.3 is 0 Å². The number of fused-ring (bicyclic) bond motifs is 1. The number of rotatable bonds is 3. The van der Waals surface area contributed by atoms with E-state index in [4.69, 9.17) is 0 Å². The molecule has 4 nitrogen and oxygen atoms in total. The Balaban J connectivity index is 1.43. The molecule has 6 heteroatoms. The van der Waals surface area contributed by atoms with Crippen molar-refractivity contribution in [2.75, 3.05) is 13.1 Å². The highest BCUT2D eigenvalue weighted by Gasteiger charge is 2.37. The summed E-state index contributed by atoms with van der Waals surface area (Å²) in [6, 6.07) is 7.65. The normalized spacial score (nSPS) is 24.8. The van der Waals surface area contributed by atoms with E-state index in [0.29, 0.717) is 24.1 Å². The number of piperidine rings is 1. The number of aromatic amines is 1. The zero-order chi connectivity index (χ0) is 18.1. The molecule has 1 atom stereocenters. The van der Waals surface area contributed by atoms with Crippen LogP contribution in [0.15, 0.2) is 29.1 Å². The van der Waals surface area contributed by atoms with Gasteiger partial charge in [-0.05, 0) is 50.3 Å². The SMILES string of the molecule is O=c1[nH]c(CC2CCCN(C3CCC(F)(F)CC3)C2)nc2ccccc12. The van der Waals surface area contributed by atoms with Crippen LogP contribution in [0.3, 0.4) is 0 Å². The lowest BCUT2D eigenvalue weighted by Crippen LogP contribution is -2.46. The molecule has 0 bridgehead atoms. The number of para-hydroxylation sites is 1. The minimum atomic E-state index is -2.47. The first kappa shape index (κ1) is 17.6. The van der Waals surface area contributed by atoms with Gasteiger partial charge < -0.3 is 9.88 Å². The number of nitrogens with zero attached hydrogens (tertiary/aromatic N) is 2. The van der Waals surface area contributed by atoms with E-state index in [2.05, 4.69) is 14.9 Å². The van der Waals surface area contributed by atoms with Crippen molar-refractivity contribution in [2.24, 2.45) is 5.92 Å². The molecule has 1 aromatic heterocycles. The van der Waals surface area contributed by atoms with E-state index < -0.39 is 5.92 Å². The van der Waals surface area contributed by atoms with Crippen LogP contribution in [0, 0.1) is 5.92 Å². The highest BCUT2D eigenvalue weighted by Crippen LogP contribution is 2.36. The molecule has 1 N–H and O–H groups in total. The van der Waals surface area contributed by atoms with Gasteiger partial charge in [0.15, 0.2) is 0 Å². The lowest BCUT2D eigenvalue weighted by atomic mass is 9.87. The lowest BCUT2D eigenvalue weighted by molar-refractivity contribution is -0.0576. The van der Waals surface area contributed by atoms with E-state index in [1.807, 2.05) is 18.2 Å². The number of benzene rings is 1. The summed E-state index contributed by atoms with van der Waals surface area (Å²) in [4.78, 5) is 22.2. The van der Waals surface area contributed by atoms with E-state index >= 15 is 0 Å². The molecule has 26 heavy (non-hydrogen) atoms. The summed E-state index contributed by atoms with van der Waals surface area (Å²) in [5.41, 5.74) is 0.640. The minimum Gasteiger partial charge on any atom is -0.310 e. The van der Waals surface area contributed by atoms with Crippen molar-refractivity contribution < 1.29 is 8.78 Å². The average Bonchev–Trinajstić information content (AvgIpc) is 2.62. The van der Waals surface area contributed by atoms with Crippen LogP contribution in [0.2, 0.25) is 0 Å². The maximum atomic E-state index is 13.4. The molecule has 2 aliphatic rings. The maximum Gasteiger partial charge on any atom is 0.258 e. The van der Waals surface area contributed by atoms with Crippen LogP contribution in [0.4, 0.5) is 8.78 Å². The first-order chi connectivity index (χ1) is 12.5. The van der Waals surface area contributed by atoms with Crippen LogP contribution in [-0.2, 0) is 6.42 Å². The van der Waals surface area contributed by atoms with Crippen LogP contribution in [0.1, 0.15) is 44.3 Å². The summed E-state index contributed by atoms with van der Waals surface area (Å²) in [6.07, 6.45) is 4.11. The zero-order valence-corrected chi connectivity index (χ0v) is 14.9. The fraction of sp³-hybridized carbons (Fsp3) is 0.600. The van der Waals surface area contributed by atoms with Crippen molar-refractivity contribution in [3.05, 3.63) is 40.4 Å². The van der Waals surface area contributed by atoms with E-state index in [1.54, 1.807) is 6.07 Å². The average molecular weight is 361 g/mol. The van der Waals surface area contributed by atoms with Crippen molar-refractivity contribution in [2.45, 2.75) is 56.9 Å². The molecule has 1 saturated carbocycles. The van der Waals surface area contributed by atoms with E-state index in [1.165, 1.54) is 0 Å². The van der Waals surface area contributed by atoms with Crippen LogP contribution in [0.5, 0.6) is 0 Å². The molecule has 0 radical (unpaired) electrons. The van der Waals surface area contributed by atoms with Gasteiger partial charge in [0.2, 0.25) is 5.92 Å². The second kappa shape index (κ2) is 7.06. The van der Waals surface area contributed by atoms with Crippen molar-refractivity contribution in [1.29, 1.82) is 0 Å². The largest absolute Gasteiger partial charge is 0.310 e. The summed E-state index contributed by atoms with van der Waals surface area (Å²) in [5, 5.41) is 0.615. The predicted octanol–water partition coefficient (Wildman–Crippen LogP) is 3.76. The number of halogens is 2. The van der Waals surface area contributed by atoms with Crippen LogP contribution in [-0.4, -0.2) is 39.9 Å². The third kappa shape index (κ3) is 3.80.